The molecule has 0 spiro atoms. The second-order valence-electron chi connectivity index (χ2n) is 4.26. The first-order chi connectivity index (χ1) is 7.19. The molecule has 0 bridgehead atoms. The van der Waals surface area contributed by atoms with E-state index >= 15 is 0 Å². The van der Waals surface area contributed by atoms with Gasteiger partial charge in [0.05, 0.1) is 6.61 Å². The number of nitrogens with one attached hydrogen (secondary N) is 1. The van der Waals surface area contributed by atoms with Crippen LogP contribution in [-0.4, -0.2) is 19.8 Å². The molecule has 2 nitrogen and oxygen atoms in total. The smallest absolute Gasteiger partial charge is 0.0661 e. The molecule has 0 saturated heterocycles. The van der Waals surface area contributed by atoms with E-state index in [2.05, 4.69) is 32.2 Å². The van der Waals surface area contributed by atoms with Gasteiger partial charge in [0.15, 0.2) is 0 Å². The van der Waals surface area contributed by atoms with Crippen molar-refractivity contribution in [3.05, 3.63) is 22.9 Å². The van der Waals surface area contributed by atoms with Crippen LogP contribution in [-0.2, 0) is 4.74 Å². The van der Waals surface area contributed by atoms with Crippen molar-refractivity contribution in [3.8, 4) is 0 Å². The second-order valence-corrected chi connectivity index (χ2v) is 4.26. The summed E-state index contributed by atoms with van der Waals surface area (Å²) in [6, 6.07) is 0.382. The highest BCUT2D eigenvalue weighted by Crippen LogP contribution is 2.25. The molecule has 0 amide bonds. The third-order valence-electron chi connectivity index (χ3n) is 2.88. The number of hydrogen-bond acceptors (Lipinski definition) is 2. The van der Waals surface area contributed by atoms with Crippen molar-refractivity contribution in [2.24, 2.45) is 0 Å². The highest BCUT2D eigenvalue weighted by molar-refractivity contribution is 5.36. The fourth-order valence-electron chi connectivity index (χ4n) is 2.08. The summed E-state index contributed by atoms with van der Waals surface area (Å²) >= 11 is 0. The lowest BCUT2D eigenvalue weighted by Gasteiger charge is -2.24. The van der Waals surface area contributed by atoms with E-state index in [1.54, 1.807) is 12.7 Å². The minimum atomic E-state index is 0.382. The van der Waals surface area contributed by atoms with Gasteiger partial charge in [-0.15, -0.1) is 0 Å². The first-order valence-electron chi connectivity index (χ1n) is 5.83. The minimum absolute atomic E-state index is 0.382. The molecule has 0 radical (unpaired) electrons. The SMILES string of the molecule is CCC1=C(N[C@@H](C)COC)C(C)=CCC1. The van der Waals surface area contributed by atoms with Gasteiger partial charge in [-0.05, 0) is 44.3 Å². The molecule has 0 heterocycles. The van der Waals surface area contributed by atoms with Crippen molar-refractivity contribution < 1.29 is 4.74 Å². The van der Waals surface area contributed by atoms with Crippen molar-refractivity contribution in [2.75, 3.05) is 13.7 Å². The fraction of sp³-hybridized carbons (Fsp3) is 0.692. The number of hydrogen-bond donors (Lipinski definition) is 1. The Hall–Kier alpha value is -0.760. The Labute approximate surface area is 93.4 Å². The van der Waals surface area contributed by atoms with Gasteiger partial charge in [-0.25, -0.2) is 0 Å². The standard InChI is InChI=1S/C13H23NO/c1-5-12-8-6-7-10(2)13(12)14-11(3)9-15-4/h7,11,14H,5-6,8-9H2,1-4H3/t11-/m0/s1. The quantitative estimate of drug-likeness (QED) is 0.751. The molecule has 0 unspecified atom stereocenters. The average Bonchev–Trinajstić information content (AvgIpc) is 2.21. The predicted octanol–water partition coefficient (Wildman–Crippen LogP) is 3.02. The van der Waals surface area contributed by atoms with E-state index in [-0.39, 0.29) is 0 Å². The molecule has 2 heteroatoms. The van der Waals surface area contributed by atoms with Gasteiger partial charge in [-0.2, -0.15) is 0 Å². The molecule has 86 valence electrons. The summed E-state index contributed by atoms with van der Waals surface area (Å²) in [4.78, 5) is 0. The normalized spacial score (nSPS) is 18.8. The Balaban J connectivity index is 2.70. The molecular weight excluding hydrogens is 186 g/mol. The molecule has 0 aromatic rings. The van der Waals surface area contributed by atoms with Crippen LogP contribution in [0, 0.1) is 0 Å². The van der Waals surface area contributed by atoms with Crippen molar-refractivity contribution in [2.45, 2.75) is 46.1 Å². The van der Waals surface area contributed by atoms with Crippen molar-refractivity contribution >= 4 is 0 Å². The summed E-state index contributed by atoms with van der Waals surface area (Å²) in [6.45, 7) is 7.34. The summed E-state index contributed by atoms with van der Waals surface area (Å²) in [6.07, 6.45) is 5.86. The largest absolute Gasteiger partial charge is 0.383 e. The lowest BCUT2D eigenvalue weighted by molar-refractivity contribution is 0.176. The summed E-state index contributed by atoms with van der Waals surface area (Å²) in [5.74, 6) is 0. The van der Waals surface area contributed by atoms with E-state index in [1.165, 1.54) is 24.1 Å². The topological polar surface area (TPSA) is 21.3 Å². The minimum Gasteiger partial charge on any atom is -0.383 e. The van der Waals surface area contributed by atoms with E-state index in [4.69, 9.17) is 4.74 Å². The molecule has 0 aliphatic heterocycles. The van der Waals surface area contributed by atoms with Crippen LogP contribution in [0.3, 0.4) is 0 Å². The summed E-state index contributed by atoms with van der Waals surface area (Å²) in [5.41, 5.74) is 4.30. The van der Waals surface area contributed by atoms with E-state index < -0.39 is 0 Å². The third-order valence-corrected chi connectivity index (χ3v) is 2.88. The Kier molecular flexibility index (Phi) is 4.89. The maximum Gasteiger partial charge on any atom is 0.0661 e. The van der Waals surface area contributed by atoms with Crippen molar-refractivity contribution in [1.29, 1.82) is 0 Å². The summed E-state index contributed by atoms with van der Waals surface area (Å²) in [7, 11) is 1.75. The molecule has 1 N–H and O–H groups in total. The van der Waals surface area contributed by atoms with Crippen LogP contribution < -0.4 is 5.32 Å². The van der Waals surface area contributed by atoms with Crippen LogP contribution in [0.1, 0.15) is 40.0 Å². The number of allylic oxidation sites excluding steroid dienone is 3. The van der Waals surface area contributed by atoms with Crippen LogP contribution in [0.2, 0.25) is 0 Å². The first-order valence-corrected chi connectivity index (χ1v) is 5.83. The molecule has 1 atom stereocenters. The van der Waals surface area contributed by atoms with Gasteiger partial charge in [-0.3, -0.25) is 0 Å². The second kappa shape index (κ2) is 5.96. The molecule has 1 rings (SSSR count). The highest BCUT2D eigenvalue weighted by Gasteiger charge is 2.13. The van der Waals surface area contributed by atoms with Crippen molar-refractivity contribution in [1.82, 2.24) is 5.32 Å². The lowest BCUT2D eigenvalue weighted by atomic mass is 9.94. The van der Waals surface area contributed by atoms with Gasteiger partial charge in [-0.1, -0.05) is 13.0 Å². The summed E-state index contributed by atoms with van der Waals surface area (Å²) in [5, 5.41) is 3.56. The average molecular weight is 209 g/mol. The zero-order valence-corrected chi connectivity index (χ0v) is 10.4. The van der Waals surface area contributed by atoms with Crippen LogP contribution in [0.15, 0.2) is 22.9 Å². The van der Waals surface area contributed by atoms with E-state index in [9.17, 15) is 0 Å². The van der Waals surface area contributed by atoms with Gasteiger partial charge in [0.2, 0.25) is 0 Å². The number of methoxy groups -OCH3 is 1. The molecule has 0 aromatic carbocycles. The third kappa shape index (κ3) is 3.38. The molecule has 1 aliphatic rings. The molecule has 15 heavy (non-hydrogen) atoms. The van der Waals surface area contributed by atoms with Crippen LogP contribution in [0.4, 0.5) is 0 Å². The van der Waals surface area contributed by atoms with E-state index in [1.807, 2.05) is 0 Å². The fourth-order valence-corrected chi connectivity index (χ4v) is 2.08. The van der Waals surface area contributed by atoms with Gasteiger partial charge >= 0.3 is 0 Å². The Morgan fingerprint density at radius 1 is 1.53 bits per heavy atom. The molecule has 0 saturated carbocycles. The van der Waals surface area contributed by atoms with E-state index in [0.29, 0.717) is 6.04 Å². The number of rotatable bonds is 5. The highest BCUT2D eigenvalue weighted by atomic mass is 16.5. The molecule has 1 aliphatic carbocycles. The van der Waals surface area contributed by atoms with Gasteiger partial charge in [0.1, 0.15) is 0 Å². The lowest BCUT2D eigenvalue weighted by Crippen LogP contribution is -2.31. The van der Waals surface area contributed by atoms with Crippen molar-refractivity contribution in [3.63, 3.8) is 0 Å². The number of ether oxygens (including phenoxy) is 1. The molecule has 0 aromatic heterocycles. The van der Waals surface area contributed by atoms with E-state index in [0.717, 1.165) is 13.0 Å². The maximum absolute atomic E-state index is 5.14. The Morgan fingerprint density at radius 3 is 2.87 bits per heavy atom. The summed E-state index contributed by atoms with van der Waals surface area (Å²) < 4.78 is 5.14. The van der Waals surface area contributed by atoms with Gasteiger partial charge < -0.3 is 10.1 Å². The Morgan fingerprint density at radius 2 is 2.27 bits per heavy atom. The zero-order valence-electron chi connectivity index (χ0n) is 10.4. The van der Waals surface area contributed by atoms with Gasteiger partial charge in [0.25, 0.3) is 0 Å². The first kappa shape index (κ1) is 12.3. The monoisotopic (exact) mass is 209 g/mol. The van der Waals surface area contributed by atoms with Crippen LogP contribution in [0.25, 0.3) is 0 Å². The maximum atomic E-state index is 5.14. The zero-order chi connectivity index (χ0) is 11.3. The Bertz CT molecular complexity index is 266. The predicted molar refractivity (Wildman–Crippen MR) is 64.8 cm³/mol. The van der Waals surface area contributed by atoms with Crippen LogP contribution in [0.5, 0.6) is 0 Å². The van der Waals surface area contributed by atoms with Crippen LogP contribution >= 0.6 is 0 Å². The molecule has 0 fully saturated rings. The molecular formula is C13H23NO. The van der Waals surface area contributed by atoms with Gasteiger partial charge in [0, 0.05) is 18.8 Å².